The summed E-state index contributed by atoms with van der Waals surface area (Å²) in [4.78, 5) is 23.0. The summed E-state index contributed by atoms with van der Waals surface area (Å²) < 4.78 is 5.54. The molecule has 0 fully saturated rings. The molecule has 5 heteroatoms. The van der Waals surface area contributed by atoms with Gasteiger partial charge in [0.25, 0.3) is 0 Å². The first-order valence-corrected chi connectivity index (χ1v) is 8.27. The molecule has 0 heterocycles. The van der Waals surface area contributed by atoms with Gasteiger partial charge in [-0.25, -0.2) is 4.79 Å². The normalized spacial score (nSPS) is 12.5. The Morgan fingerprint density at radius 1 is 1.17 bits per heavy atom. The maximum Gasteiger partial charge on any atom is 0.387 e. The highest BCUT2D eigenvalue weighted by Crippen LogP contribution is 2.34. The molecule has 0 amide bonds. The minimum atomic E-state index is -1.30. The molecule has 5 nitrogen and oxygen atoms in total. The molecule has 1 aromatic rings. The van der Waals surface area contributed by atoms with E-state index in [1.165, 1.54) is 0 Å². The van der Waals surface area contributed by atoms with Crippen molar-refractivity contribution in [2.45, 2.75) is 71.8 Å². The van der Waals surface area contributed by atoms with E-state index in [4.69, 9.17) is 4.74 Å². The molecule has 1 atom stereocenters. The number of para-hydroxylation sites is 1. The van der Waals surface area contributed by atoms with E-state index in [1.54, 1.807) is 0 Å². The topological polar surface area (TPSA) is 69.4 Å². The first-order chi connectivity index (χ1) is 10.8. The van der Waals surface area contributed by atoms with Crippen LogP contribution in [-0.2, 0) is 4.79 Å². The monoisotopic (exact) mass is 321 g/mol. The van der Waals surface area contributed by atoms with Gasteiger partial charge in [-0.15, -0.1) is 0 Å². The molecule has 0 saturated heterocycles. The van der Waals surface area contributed by atoms with E-state index in [0.717, 1.165) is 17.5 Å². The van der Waals surface area contributed by atoms with Gasteiger partial charge in [0.15, 0.2) is 0 Å². The molecule has 1 rings (SSSR count). The number of carbonyl (C=O) groups excluding carboxylic acids is 1. The van der Waals surface area contributed by atoms with E-state index in [1.807, 2.05) is 52.8 Å². The van der Waals surface area contributed by atoms with Gasteiger partial charge in [0, 0.05) is 11.3 Å². The number of unbranched alkanes of at least 4 members (excludes halogenated alkanes) is 1. The SMILES string of the molecule is CCCCC(C(=O)Oc1c(C(C)C)cccc1C(C)C)[N+](=O)[O-]. The lowest BCUT2D eigenvalue weighted by molar-refractivity contribution is -0.510. The van der Waals surface area contributed by atoms with Crippen molar-refractivity contribution in [1.82, 2.24) is 0 Å². The molecule has 0 aliphatic rings. The van der Waals surface area contributed by atoms with Crippen LogP contribution in [0.2, 0.25) is 0 Å². The van der Waals surface area contributed by atoms with Gasteiger partial charge in [0.1, 0.15) is 5.75 Å². The minimum absolute atomic E-state index is 0.168. The molecule has 23 heavy (non-hydrogen) atoms. The zero-order chi connectivity index (χ0) is 17.6. The summed E-state index contributed by atoms with van der Waals surface area (Å²) in [6, 6.07) is 4.46. The molecule has 0 spiro atoms. The first kappa shape index (κ1) is 19.1. The van der Waals surface area contributed by atoms with Gasteiger partial charge in [-0.05, 0) is 29.4 Å². The Morgan fingerprint density at radius 2 is 1.70 bits per heavy atom. The lowest BCUT2D eigenvalue weighted by atomic mass is 9.94. The molecule has 0 bridgehead atoms. The van der Waals surface area contributed by atoms with Gasteiger partial charge in [-0.3, -0.25) is 10.1 Å². The number of rotatable bonds is 8. The molecule has 0 saturated carbocycles. The van der Waals surface area contributed by atoms with Crippen molar-refractivity contribution in [2.75, 3.05) is 0 Å². The zero-order valence-electron chi connectivity index (χ0n) is 14.7. The van der Waals surface area contributed by atoms with E-state index >= 15 is 0 Å². The third-order valence-corrected chi connectivity index (χ3v) is 3.88. The largest absolute Gasteiger partial charge is 0.421 e. The van der Waals surface area contributed by atoms with Crippen molar-refractivity contribution < 1.29 is 14.5 Å². The Hall–Kier alpha value is -1.91. The van der Waals surface area contributed by atoms with E-state index in [0.29, 0.717) is 12.2 Å². The molecule has 128 valence electrons. The van der Waals surface area contributed by atoms with E-state index in [-0.39, 0.29) is 18.3 Å². The van der Waals surface area contributed by atoms with Gasteiger partial charge < -0.3 is 4.74 Å². The fourth-order valence-electron chi connectivity index (χ4n) is 2.48. The molecular weight excluding hydrogens is 294 g/mol. The van der Waals surface area contributed by atoms with Crippen LogP contribution in [-0.4, -0.2) is 16.9 Å². The van der Waals surface area contributed by atoms with Gasteiger partial charge >= 0.3 is 12.0 Å². The van der Waals surface area contributed by atoms with E-state index in [9.17, 15) is 14.9 Å². The van der Waals surface area contributed by atoms with Crippen LogP contribution in [0.1, 0.15) is 76.8 Å². The lowest BCUT2D eigenvalue weighted by Crippen LogP contribution is -2.33. The van der Waals surface area contributed by atoms with Crippen molar-refractivity contribution in [1.29, 1.82) is 0 Å². The van der Waals surface area contributed by atoms with Gasteiger partial charge in [0.05, 0.1) is 0 Å². The summed E-state index contributed by atoms with van der Waals surface area (Å²) in [6.45, 7) is 9.99. The van der Waals surface area contributed by atoms with Gasteiger partial charge in [-0.1, -0.05) is 59.2 Å². The van der Waals surface area contributed by atoms with Crippen LogP contribution in [0.15, 0.2) is 18.2 Å². The number of ether oxygens (including phenoxy) is 1. The number of nitrogens with zero attached hydrogens (tertiary/aromatic N) is 1. The van der Waals surface area contributed by atoms with Crippen LogP contribution in [0.3, 0.4) is 0 Å². The Labute approximate surface area is 138 Å². The second-order valence-electron chi connectivity index (χ2n) is 6.44. The fourth-order valence-corrected chi connectivity index (χ4v) is 2.48. The number of carbonyl (C=O) groups is 1. The third kappa shape index (κ3) is 5.05. The van der Waals surface area contributed by atoms with Crippen LogP contribution in [0, 0.1) is 10.1 Å². The number of nitro groups is 1. The standard InChI is InChI=1S/C18H27NO4/c1-6-7-11-16(19(21)22)18(20)23-17-14(12(2)3)9-8-10-15(17)13(4)5/h8-10,12-13,16H,6-7,11H2,1-5H3. The highest BCUT2D eigenvalue weighted by atomic mass is 16.6. The Balaban J connectivity index is 3.14. The molecule has 1 unspecified atom stereocenters. The van der Waals surface area contributed by atoms with Crippen molar-refractivity contribution in [2.24, 2.45) is 0 Å². The fraction of sp³-hybridized carbons (Fsp3) is 0.611. The van der Waals surface area contributed by atoms with Crippen LogP contribution in [0.5, 0.6) is 5.75 Å². The second kappa shape index (κ2) is 8.65. The van der Waals surface area contributed by atoms with Crippen molar-refractivity contribution in [3.05, 3.63) is 39.4 Å². The van der Waals surface area contributed by atoms with Crippen LogP contribution in [0.25, 0.3) is 0 Å². The number of benzene rings is 1. The maximum absolute atomic E-state index is 12.3. The summed E-state index contributed by atoms with van der Waals surface area (Å²) in [5.41, 5.74) is 1.81. The molecular formula is C18H27NO4. The van der Waals surface area contributed by atoms with Crippen molar-refractivity contribution in [3.63, 3.8) is 0 Å². The number of hydrogen-bond donors (Lipinski definition) is 0. The Morgan fingerprint density at radius 3 is 2.09 bits per heavy atom. The van der Waals surface area contributed by atoms with Crippen molar-refractivity contribution >= 4 is 5.97 Å². The second-order valence-corrected chi connectivity index (χ2v) is 6.44. The van der Waals surface area contributed by atoms with Crippen molar-refractivity contribution in [3.8, 4) is 5.75 Å². The third-order valence-electron chi connectivity index (χ3n) is 3.88. The average molecular weight is 321 g/mol. The lowest BCUT2D eigenvalue weighted by Gasteiger charge is -2.19. The van der Waals surface area contributed by atoms with Gasteiger partial charge in [0.2, 0.25) is 0 Å². The van der Waals surface area contributed by atoms with E-state index < -0.39 is 16.9 Å². The maximum atomic E-state index is 12.3. The molecule has 0 aliphatic heterocycles. The van der Waals surface area contributed by atoms with Crippen LogP contribution in [0.4, 0.5) is 0 Å². The number of hydrogen-bond acceptors (Lipinski definition) is 4. The smallest absolute Gasteiger partial charge is 0.387 e. The average Bonchev–Trinajstić information content (AvgIpc) is 2.46. The summed E-state index contributed by atoms with van der Waals surface area (Å²) in [5.74, 6) is 0.0618. The molecule has 0 aromatic heterocycles. The highest BCUT2D eigenvalue weighted by Gasteiger charge is 2.32. The van der Waals surface area contributed by atoms with Crippen LogP contribution >= 0.6 is 0 Å². The molecule has 0 N–H and O–H groups in total. The van der Waals surface area contributed by atoms with E-state index in [2.05, 4.69) is 0 Å². The molecule has 0 aliphatic carbocycles. The number of esters is 1. The highest BCUT2D eigenvalue weighted by molar-refractivity contribution is 5.77. The van der Waals surface area contributed by atoms with Gasteiger partial charge in [-0.2, -0.15) is 0 Å². The predicted molar refractivity (Wildman–Crippen MR) is 90.6 cm³/mol. The first-order valence-electron chi connectivity index (χ1n) is 8.27. The van der Waals surface area contributed by atoms with Crippen LogP contribution < -0.4 is 4.74 Å². The summed E-state index contributed by atoms with van der Waals surface area (Å²) >= 11 is 0. The molecule has 0 radical (unpaired) electrons. The Kier molecular flexibility index (Phi) is 7.20. The zero-order valence-corrected chi connectivity index (χ0v) is 14.7. The summed E-state index contributed by atoms with van der Waals surface area (Å²) in [7, 11) is 0. The predicted octanol–water partition coefficient (Wildman–Crippen LogP) is 4.67. The minimum Gasteiger partial charge on any atom is -0.421 e. The molecule has 1 aromatic carbocycles. The summed E-state index contributed by atoms with van der Waals surface area (Å²) in [6.07, 6.45) is 1.64. The Bertz CT molecular complexity index is 526. The summed E-state index contributed by atoms with van der Waals surface area (Å²) in [5, 5.41) is 11.2. The quantitative estimate of drug-likeness (QED) is 0.302.